The molecule has 4 heteroatoms. The fourth-order valence-corrected chi connectivity index (χ4v) is 3.55. The van der Waals surface area contributed by atoms with Gasteiger partial charge in [-0.05, 0) is 55.4 Å². The second-order valence-corrected chi connectivity index (χ2v) is 6.31. The van der Waals surface area contributed by atoms with Gasteiger partial charge in [0, 0.05) is 19.1 Å². The number of fused-ring (bicyclic) bond motifs is 1. The van der Waals surface area contributed by atoms with Gasteiger partial charge < -0.3 is 14.8 Å². The summed E-state index contributed by atoms with van der Waals surface area (Å²) in [6, 6.07) is 6.32. The zero-order chi connectivity index (χ0) is 15.4. The first-order valence-corrected chi connectivity index (χ1v) is 8.30. The van der Waals surface area contributed by atoms with Crippen molar-refractivity contribution in [2.24, 2.45) is 5.92 Å². The Bertz CT molecular complexity index is 523. The van der Waals surface area contributed by atoms with Crippen LogP contribution in [0.3, 0.4) is 0 Å². The van der Waals surface area contributed by atoms with E-state index in [0.717, 1.165) is 44.6 Å². The predicted molar refractivity (Wildman–Crippen MR) is 85.2 cm³/mol. The minimum absolute atomic E-state index is 0.0349. The predicted octanol–water partition coefficient (Wildman–Crippen LogP) is 2.66. The number of methoxy groups -OCH3 is 1. The quantitative estimate of drug-likeness (QED) is 0.930. The standard InChI is InChI=1S/C18H25NO3/c1-21-16-7-8-17-13(10-16)4-2-5-14(17)11-19-18(20)15-6-3-9-22-12-15/h7-8,10,14-15H,2-6,9,11-12H2,1H3,(H,19,20)/t14-,15-/m1/s1. The maximum atomic E-state index is 12.2. The van der Waals surface area contributed by atoms with Crippen LogP contribution in [-0.4, -0.2) is 32.8 Å². The summed E-state index contributed by atoms with van der Waals surface area (Å²) in [5.74, 6) is 1.53. The molecular formula is C18H25NO3. The molecule has 2 atom stereocenters. The number of ether oxygens (including phenoxy) is 2. The van der Waals surface area contributed by atoms with E-state index in [4.69, 9.17) is 9.47 Å². The molecule has 1 heterocycles. The molecule has 0 radical (unpaired) electrons. The van der Waals surface area contributed by atoms with E-state index >= 15 is 0 Å². The minimum atomic E-state index is 0.0349. The van der Waals surface area contributed by atoms with Crippen LogP contribution in [0.5, 0.6) is 5.75 Å². The topological polar surface area (TPSA) is 47.6 Å². The van der Waals surface area contributed by atoms with E-state index in [1.165, 1.54) is 17.5 Å². The van der Waals surface area contributed by atoms with Gasteiger partial charge in [-0.15, -0.1) is 0 Å². The van der Waals surface area contributed by atoms with Crippen molar-refractivity contribution in [3.63, 3.8) is 0 Å². The van der Waals surface area contributed by atoms with E-state index in [2.05, 4.69) is 17.4 Å². The molecule has 1 saturated heterocycles. The number of carbonyl (C=O) groups excluding carboxylic acids is 1. The Balaban J connectivity index is 1.61. The van der Waals surface area contributed by atoms with Gasteiger partial charge in [-0.2, -0.15) is 0 Å². The van der Waals surface area contributed by atoms with Crippen molar-refractivity contribution >= 4 is 5.91 Å². The molecule has 0 unspecified atom stereocenters. The molecule has 1 aliphatic carbocycles. The number of aryl methyl sites for hydroxylation is 1. The fourth-order valence-electron chi connectivity index (χ4n) is 3.55. The molecule has 2 aliphatic rings. The maximum Gasteiger partial charge on any atom is 0.225 e. The second-order valence-electron chi connectivity index (χ2n) is 6.31. The lowest BCUT2D eigenvalue weighted by Crippen LogP contribution is -2.38. The molecule has 3 rings (SSSR count). The van der Waals surface area contributed by atoms with Gasteiger partial charge in [0.2, 0.25) is 5.91 Å². The Morgan fingerprint density at radius 3 is 3.05 bits per heavy atom. The van der Waals surface area contributed by atoms with Gasteiger partial charge in [-0.3, -0.25) is 4.79 Å². The molecule has 1 amide bonds. The Morgan fingerprint density at radius 2 is 2.27 bits per heavy atom. The minimum Gasteiger partial charge on any atom is -0.497 e. The van der Waals surface area contributed by atoms with Crippen LogP contribution in [0.2, 0.25) is 0 Å². The van der Waals surface area contributed by atoms with E-state index in [1.54, 1.807) is 7.11 Å². The van der Waals surface area contributed by atoms with Gasteiger partial charge >= 0.3 is 0 Å². The van der Waals surface area contributed by atoms with Crippen molar-refractivity contribution in [2.75, 3.05) is 26.9 Å². The number of rotatable bonds is 4. The zero-order valence-electron chi connectivity index (χ0n) is 13.3. The largest absolute Gasteiger partial charge is 0.497 e. The normalized spacial score (nSPS) is 24.4. The average Bonchev–Trinajstić information content (AvgIpc) is 2.59. The molecule has 1 aliphatic heterocycles. The molecule has 0 bridgehead atoms. The molecule has 0 spiro atoms. The SMILES string of the molecule is COc1ccc2c(c1)CCC[C@@H]2CNC(=O)[C@@H]1CCCOC1. The molecular weight excluding hydrogens is 278 g/mol. The van der Waals surface area contributed by atoms with Crippen LogP contribution in [0.25, 0.3) is 0 Å². The molecule has 4 nitrogen and oxygen atoms in total. The summed E-state index contributed by atoms with van der Waals surface area (Å²) in [4.78, 5) is 12.2. The molecule has 0 aromatic heterocycles. The number of carbonyl (C=O) groups is 1. The van der Waals surface area contributed by atoms with Gasteiger partial charge in [0.15, 0.2) is 0 Å². The van der Waals surface area contributed by atoms with Crippen LogP contribution < -0.4 is 10.1 Å². The Kier molecular flexibility index (Phi) is 4.98. The third kappa shape index (κ3) is 3.43. The zero-order valence-corrected chi connectivity index (χ0v) is 13.3. The number of hydrogen-bond donors (Lipinski definition) is 1. The summed E-state index contributed by atoms with van der Waals surface area (Å²) in [5.41, 5.74) is 2.73. The highest BCUT2D eigenvalue weighted by molar-refractivity contribution is 5.78. The summed E-state index contributed by atoms with van der Waals surface area (Å²) in [5, 5.41) is 3.14. The Labute approximate surface area is 132 Å². The smallest absolute Gasteiger partial charge is 0.225 e. The highest BCUT2D eigenvalue weighted by atomic mass is 16.5. The van der Waals surface area contributed by atoms with Crippen molar-refractivity contribution in [3.05, 3.63) is 29.3 Å². The molecule has 1 N–H and O–H groups in total. The van der Waals surface area contributed by atoms with Crippen molar-refractivity contribution in [2.45, 2.75) is 38.0 Å². The van der Waals surface area contributed by atoms with Crippen molar-refractivity contribution in [1.82, 2.24) is 5.32 Å². The molecule has 120 valence electrons. The summed E-state index contributed by atoms with van der Waals surface area (Å²) in [6.07, 6.45) is 5.36. The Hall–Kier alpha value is -1.55. The summed E-state index contributed by atoms with van der Waals surface area (Å²) >= 11 is 0. The summed E-state index contributed by atoms with van der Waals surface area (Å²) < 4.78 is 10.7. The average molecular weight is 303 g/mol. The number of benzene rings is 1. The van der Waals surface area contributed by atoms with E-state index in [-0.39, 0.29) is 11.8 Å². The highest BCUT2D eigenvalue weighted by Gasteiger charge is 2.25. The van der Waals surface area contributed by atoms with Crippen LogP contribution >= 0.6 is 0 Å². The molecule has 22 heavy (non-hydrogen) atoms. The molecule has 1 aromatic carbocycles. The van der Waals surface area contributed by atoms with Gasteiger partial charge in [0.1, 0.15) is 5.75 Å². The van der Waals surface area contributed by atoms with Crippen LogP contribution in [0, 0.1) is 5.92 Å². The monoisotopic (exact) mass is 303 g/mol. The van der Waals surface area contributed by atoms with Crippen LogP contribution in [-0.2, 0) is 16.0 Å². The third-order valence-corrected chi connectivity index (χ3v) is 4.84. The lowest BCUT2D eigenvalue weighted by Gasteiger charge is -2.27. The van der Waals surface area contributed by atoms with E-state index in [9.17, 15) is 4.79 Å². The Morgan fingerprint density at radius 1 is 1.36 bits per heavy atom. The van der Waals surface area contributed by atoms with Gasteiger partial charge in [0.05, 0.1) is 19.6 Å². The van der Waals surface area contributed by atoms with Crippen LogP contribution in [0.15, 0.2) is 18.2 Å². The van der Waals surface area contributed by atoms with Crippen molar-refractivity contribution < 1.29 is 14.3 Å². The third-order valence-electron chi connectivity index (χ3n) is 4.84. The molecule has 1 aromatic rings. The molecule has 0 saturated carbocycles. The highest BCUT2D eigenvalue weighted by Crippen LogP contribution is 2.33. The van der Waals surface area contributed by atoms with Gasteiger partial charge in [-0.1, -0.05) is 6.07 Å². The number of nitrogens with one attached hydrogen (secondary N) is 1. The summed E-state index contributed by atoms with van der Waals surface area (Å²) in [7, 11) is 1.70. The van der Waals surface area contributed by atoms with Crippen LogP contribution in [0.1, 0.15) is 42.7 Å². The fraction of sp³-hybridized carbons (Fsp3) is 0.611. The van der Waals surface area contributed by atoms with Crippen molar-refractivity contribution in [1.29, 1.82) is 0 Å². The summed E-state index contributed by atoms with van der Waals surface area (Å²) in [6.45, 7) is 2.10. The van der Waals surface area contributed by atoms with Gasteiger partial charge in [-0.25, -0.2) is 0 Å². The number of amides is 1. The van der Waals surface area contributed by atoms with E-state index in [1.807, 2.05) is 6.07 Å². The molecule has 1 fully saturated rings. The van der Waals surface area contributed by atoms with Gasteiger partial charge in [0.25, 0.3) is 0 Å². The van der Waals surface area contributed by atoms with E-state index < -0.39 is 0 Å². The second kappa shape index (κ2) is 7.14. The first kappa shape index (κ1) is 15.3. The van der Waals surface area contributed by atoms with Crippen LogP contribution in [0.4, 0.5) is 0 Å². The lowest BCUT2D eigenvalue weighted by atomic mass is 9.82. The number of hydrogen-bond acceptors (Lipinski definition) is 3. The first-order chi connectivity index (χ1) is 10.8. The maximum absolute atomic E-state index is 12.2. The lowest BCUT2D eigenvalue weighted by molar-refractivity contribution is -0.129. The first-order valence-electron chi connectivity index (χ1n) is 8.30. The van der Waals surface area contributed by atoms with Crippen molar-refractivity contribution in [3.8, 4) is 5.75 Å². The van der Waals surface area contributed by atoms with E-state index in [0.29, 0.717) is 12.5 Å².